The molecule has 0 heterocycles. The lowest BCUT2D eigenvalue weighted by atomic mass is 9.90. The van der Waals surface area contributed by atoms with Crippen molar-refractivity contribution in [1.82, 2.24) is 4.90 Å². The van der Waals surface area contributed by atoms with Crippen molar-refractivity contribution in [3.8, 4) is 0 Å². The number of rotatable bonds is 4. The Kier molecular flexibility index (Phi) is 3.79. The smallest absolute Gasteiger partial charge is 0.0412 e. The molecule has 0 radical (unpaired) electrons. The van der Waals surface area contributed by atoms with Gasteiger partial charge in [0.2, 0.25) is 0 Å². The summed E-state index contributed by atoms with van der Waals surface area (Å²) >= 11 is 0. The lowest BCUT2D eigenvalue weighted by Crippen LogP contribution is -2.57. The zero-order valence-corrected chi connectivity index (χ0v) is 12.1. The van der Waals surface area contributed by atoms with Crippen molar-refractivity contribution in [2.45, 2.75) is 45.2 Å². The Bertz CT molecular complexity index is 386. The van der Waals surface area contributed by atoms with E-state index >= 15 is 0 Å². The average molecular weight is 246 g/mol. The maximum absolute atomic E-state index is 6.15. The molecule has 0 bridgehead atoms. The molecule has 0 spiro atoms. The molecule has 1 aliphatic rings. The Hall–Kier alpha value is -0.860. The van der Waals surface area contributed by atoms with Crippen molar-refractivity contribution in [3.05, 3.63) is 35.4 Å². The van der Waals surface area contributed by atoms with Gasteiger partial charge < -0.3 is 5.73 Å². The summed E-state index contributed by atoms with van der Waals surface area (Å²) in [6.07, 6.45) is 2.18. The Morgan fingerprint density at radius 2 is 1.67 bits per heavy atom. The maximum Gasteiger partial charge on any atom is 0.0412 e. The van der Waals surface area contributed by atoms with Crippen LogP contribution < -0.4 is 5.73 Å². The Morgan fingerprint density at radius 1 is 1.17 bits per heavy atom. The van der Waals surface area contributed by atoms with Gasteiger partial charge in [0, 0.05) is 18.1 Å². The van der Waals surface area contributed by atoms with E-state index < -0.39 is 0 Å². The van der Waals surface area contributed by atoms with Crippen molar-refractivity contribution in [3.63, 3.8) is 0 Å². The van der Waals surface area contributed by atoms with Gasteiger partial charge >= 0.3 is 0 Å². The monoisotopic (exact) mass is 246 g/mol. The van der Waals surface area contributed by atoms with E-state index in [9.17, 15) is 0 Å². The number of likely N-dealkylation sites (N-methyl/N-ethyl adjacent to an activating group) is 1. The van der Waals surface area contributed by atoms with E-state index in [4.69, 9.17) is 5.73 Å². The molecule has 0 saturated carbocycles. The highest BCUT2D eigenvalue weighted by Crippen LogP contribution is 2.35. The fourth-order valence-electron chi connectivity index (χ4n) is 3.09. The molecule has 0 saturated heterocycles. The fraction of sp³-hybridized carbons (Fsp3) is 0.625. The first-order valence-electron chi connectivity index (χ1n) is 7.00. The average Bonchev–Trinajstić information content (AvgIpc) is 2.76. The Balaban J connectivity index is 2.25. The fourth-order valence-corrected chi connectivity index (χ4v) is 3.09. The van der Waals surface area contributed by atoms with E-state index in [0.717, 1.165) is 19.4 Å². The van der Waals surface area contributed by atoms with Crippen LogP contribution in [0, 0.1) is 5.92 Å². The minimum atomic E-state index is 0.118. The summed E-state index contributed by atoms with van der Waals surface area (Å²) in [6.45, 7) is 7.61. The summed E-state index contributed by atoms with van der Waals surface area (Å²) in [5.74, 6) is 0.655. The number of nitrogens with two attached hydrogens (primary N) is 1. The summed E-state index contributed by atoms with van der Waals surface area (Å²) in [5, 5.41) is 0. The van der Waals surface area contributed by atoms with E-state index in [1.165, 1.54) is 11.1 Å². The van der Waals surface area contributed by atoms with Crippen LogP contribution in [0.5, 0.6) is 0 Å². The second-order valence-electron chi connectivity index (χ2n) is 6.15. The second-order valence-corrected chi connectivity index (χ2v) is 6.15. The molecule has 2 heteroatoms. The normalized spacial score (nSPS) is 19.3. The highest BCUT2D eigenvalue weighted by atomic mass is 15.2. The lowest BCUT2D eigenvalue weighted by Gasteiger charge is -2.43. The molecule has 0 aliphatic heterocycles. The molecule has 0 amide bonds. The Morgan fingerprint density at radius 3 is 2.06 bits per heavy atom. The zero-order valence-electron chi connectivity index (χ0n) is 12.1. The molecular weight excluding hydrogens is 220 g/mol. The van der Waals surface area contributed by atoms with E-state index in [1.54, 1.807) is 0 Å². The van der Waals surface area contributed by atoms with E-state index in [0.29, 0.717) is 12.0 Å². The van der Waals surface area contributed by atoms with Gasteiger partial charge in [-0.05, 0) is 43.9 Å². The molecule has 1 aromatic carbocycles. The second kappa shape index (κ2) is 5.02. The molecule has 2 rings (SSSR count). The van der Waals surface area contributed by atoms with E-state index in [-0.39, 0.29) is 5.54 Å². The molecule has 0 fully saturated rings. The van der Waals surface area contributed by atoms with Gasteiger partial charge in [0.05, 0.1) is 0 Å². The largest absolute Gasteiger partial charge is 0.329 e. The van der Waals surface area contributed by atoms with Crippen molar-refractivity contribution < 1.29 is 0 Å². The van der Waals surface area contributed by atoms with Gasteiger partial charge in [-0.1, -0.05) is 38.1 Å². The summed E-state index contributed by atoms with van der Waals surface area (Å²) in [7, 11) is 2.24. The summed E-state index contributed by atoms with van der Waals surface area (Å²) in [5.41, 5.74) is 9.22. The first-order valence-corrected chi connectivity index (χ1v) is 7.00. The van der Waals surface area contributed by atoms with Gasteiger partial charge in [-0.25, -0.2) is 0 Å². The van der Waals surface area contributed by atoms with Crippen LogP contribution >= 0.6 is 0 Å². The third kappa shape index (κ3) is 2.19. The molecule has 18 heavy (non-hydrogen) atoms. The van der Waals surface area contributed by atoms with Crippen LogP contribution in [0.4, 0.5) is 0 Å². The molecule has 2 nitrogen and oxygen atoms in total. The third-order valence-electron chi connectivity index (χ3n) is 4.86. The van der Waals surface area contributed by atoms with Crippen molar-refractivity contribution in [2.24, 2.45) is 11.7 Å². The first-order chi connectivity index (χ1) is 8.50. The van der Waals surface area contributed by atoms with E-state index in [2.05, 4.69) is 57.0 Å². The Labute approximate surface area is 111 Å². The zero-order chi connectivity index (χ0) is 13.3. The number of hydrogen-bond donors (Lipinski definition) is 1. The SMILES string of the molecule is CC(C)C(C)N(C)C1(CN)Cc2ccccc2C1. The highest BCUT2D eigenvalue weighted by molar-refractivity contribution is 5.36. The van der Waals surface area contributed by atoms with Gasteiger partial charge in [0.25, 0.3) is 0 Å². The van der Waals surface area contributed by atoms with Crippen LogP contribution in [0.2, 0.25) is 0 Å². The number of hydrogen-bond acceptors (Lipinski definition) is 2. The first kappa shape index (κ1) is 13.6. The summed E-state index contributed by atoms with van der Waals surface area (Å²) in [4.78, 5) is 2.51. The van der Waals surface area contributed by atoms with Crippen LogP contribution in [-0.4, -0.2) is 30.1 Å². The van der Waals surface area contributed by atoms with Gasteiger partial charge in [-0.3, -0.25) is 4.90 Å². The van der Waals surface area contributed by atoms with Gasteiger partial charge in [0.1, 0.15) is 0 Å². The topological polar surface area (TPSA) is 29.3 Å². The minimum Gasteiger partial charge on any atom is -0.329 e. The quantitative estimate of drug-likeness (QED) is 0.884. The van der Waals surface area contributed by atoms with Crippen LogP contribution in [0.3, 0.4) is 0 Å². The minimum absolute atomic E-state index is 0.118. The predicted octanol–water partition coefficient (Wildman–Crippen LogP) is 2.46. The summed E-state index contributed by atoms with van der Waals surface area (Å²) < 4.78 is 0. The molecule has 2 N–H and O–H groups in total. The molecule has 1 unspecified atom stereocenters. The number of benzene rings is 1. The maximum atomic E-state index is 6.15. The van der Waals surface area contributed by atoms with Crippen LogP contribution in [-0.2, 0) is 12.8 Å². The number of nitrogens with zero attached hydrogens (tertiary/aromatic N) is 1. The lowest BCUT2D eigenvalue weighted by molar-refractivity contribution is 0.0702. The molecule has 1 aromatic rings. The predicted molar refractivity (Wildman–Crippen MR) is 77.7 cm³/mol. The molecular formula is C16H26N2. The van der Waals surface area contributed by atoms with Crippen LogP contribution in [0.15, 0.2) is 24.3 Å². The third-order valence-corrected chi connectivity index (χ3v) is 4.86. The number of fused-ring (bicyclic) bond motifs is 1. The van der Waals surface area contributed by atoms with Gasteiger partial charge in [-0.2, -0.15) is 0 Å². The molecule has 1 atom stereocenters. The molecule has 100 valence electrons. The van der Waals surface area contributed by atoms with Crippen LogP contribution in [0.25, 0.3) is 0 Å². The van der Waals surface area contributed by atoms with Crippen molar-refractivity contribution >= 4 is 0 Å². The van der Waals surface area contributed by atoms with Crippen LogP contribution in [0.1, 0.15) is 31.9 Å². The van der Waals surface area contributed by atoms with Gasteiger partial charge in [-0.15, -0.1) is 0 Å². The van der Waals surface area contributed by atoms with Crippen molar-refractivity contribution in [1.29, 1.82) is 0 Å². The standard InChI is InChI=1S/C16H26N2/c1-12(2)13(3)18(4)16(11-17)9-14-7-5-6-8-15(14)10-16/h5-8,12-13H,9-11,17H2,1-4H3. The summed E-state index contributed by atoms with van der Waals surface area (Å²) in [6, 6.07) is 9.33. The molecule has 1 aliphatic carbocycles. The van der Waals surface area contributed by atoms with E-state index in [1.807, 2.05) is 0 Å². The van der Waals surface area contributed by atoms with Crippen molar-refractivity contribution in [2.75, 3.05) is 13.6 Å². The highest BCUT2D eigenvalue weighted by Gasteiger charge is 2.41. The van der Waals surface area contributed by atoms with Gasteiger partial charge in [0.15, 0.2) is 0 Å². The molecule has 0 aromatic heterocycles.